The number of fused-ring (bicyclic) bond motifs is 3. The fourth-order valence-corrected chi connectivity index (χ4v) is 4.80. The molecule has 27 heavy (non-hydrogen) atoms. The van der Waals surface area contributed by atoms with Crippen LogP contribution in [0.5, 0.6) is 0 Å². The van der Waals surface area contributed by atoms with Gasteiger partial charge in [0.25, 0.3) is 0 Å². The molecule has 1 aliphatic carbocycles. The van der Waals surface area contributed by atoms with Crippen molar-refractivity contribution >= 4 is 38.3 Å². The molecule has 2 heterocycles. The van der Waals surface area contributed by atoms with E-state index in [0.29, 0.717) is 6.42 Å². The molecule has 0 bridgehead atoms. The van der Waals surface area contributed by atoms with E-state index in [1.807, 2.05) is 24.4 Å². The highest BCUT2D eigenvalue weighted by Gasteiger charge is 2.41. The molecule has 1 aliphatic heterocycles. The molecule has 136 valence electrons. The topological polar surface area (TPSA) is 57.8 Å². The number of aromatic nitrogens is 2. The van der Waals surface area contributed by atoms with E-state index < -0.39 is 0 Å². The predicted octanol–water partition coefficient (Wildman–Crippen LogP) is 5.53. The number of Topliss-reactive ketones (excluding diaryl/α,β-unsaturated/α-hetero) is 1. The Bertz CT molecular complexity index is 1110. The maximum absolute atomic E-state index is 13.2. The molecule has 0 saturated heterocycles. The van der Waals surface area contributed by atoms with Crippen molar-refractivity contribution in [1.82, 2.24) is 10.2 Å². The lowest BCUT2D eigenvalue weighted by Gasteiger charge is -2.39. The molecule has 5 rings (SSSR count). The summed E-state index contributed by atoms with van der Waals surface area (Å²) in [5, 5.41) is 12.0. The number of nitrogens with one attached hydrogen (secondary N) is 2. The number of allylic oxidation sites excluding steroid dienone is 2. The zero-order chi connectivity index (χ0) is 18.8. The maximum Gasteiger partial charge on any atom is 0.162 e. The summed E-state index contributed by atoms with van der Waals surface area (Å²) in [5.41, 5.74) is 6.29. The van der Waals surface area contributed by atoms with Gasteiger partial charge in [-0.1, -0.05) is 41.9 Å². The highest BCUT2D eigenvalue weighted by atomic mass is 79.9. The van der Waals surface area contributed by atoms with Crippen molar-refractivity contribution in [3.63, 3.8) is 0 Å². The molecule has 1 aromatic heterocycles. The predicted molar refractivity (Wildman–Crippen MR) is 111 cm³/mol. The number of carbonyl (C=O) groups excluding carboxylic acids is 1. The minimum atomic E-state index is -0.0748. The molecule has 0 fully saturated rings. The van der Waals surface area contributed by atoms with E-state index in [2.05, 4.69) is 63.5 Å². The fourth-order valence-electron chi connectivity index (χ4n) is 4.54. The average molecular weight is 422 g/mol. The molecule has 2 N–H and O–H groups in total. The normalized spacial score (nSPS) is 21.0. The first-order valence-corrected chi connectivity index (χ1v) is 9.97. The van der Waals surface area contributed by atoms with Gasteiger partial charge in [-0.25, -0.2) is 0 Å². The second-order valence-electron chi connectivity index (χ2n) is 8.30. The lowest BCUT2D eigenvalue weighted by atomic mass is 9.68. The lowest BCUT2D eigenvalue weighted by molar-refractivity contribution is -0.118. The number of rotatable bonds is 1. The van der Waals surface area contributed by atoms with Crippen molar-refractivity contribution in [3.8, 4) is 0 Å². The van der Waals surface area contributed by atoms with Crippen molar-refractivity contribution in [2.75, 3.05) is 5.32 Å². The van der Waals surface area contributed by atoms with E-state index in [0.717, 1.165) is 49.9 Å². The number of aromatic amines is 1. The minimum absolute atomic E-state index is 0.0234. The monoisotopic (exact) mass is 421 g/mol. The van der Waals surface area contributed by atoms with E-state index in [1.165, 1.54) is 0 Å². The molecule has 0 amide bonds. The van der Waals surface area contributed by atoms with Crippen LogP contribution < -0.4 is 5.32 Å². The molecule has 2 aliphatic rings. The van der Waals surface area contributed by atoms with Crippen LogP contribution in [0.1, 0.15) is 43.7 Å². The number of anilines is 1. The number of nitrogens with zero attached hydrogens (tertiary/aromatic N) is 1. The number of ketones is 1. The van der Waals surface area contributed by atoms with Crippen LogP contribution in [0.15, 0.2) is 58.3 Å². The number of hydrogen-bond donors (Lipinski definition) is 2. The smallest absolute Gasteiger partial charge is 0.162 e. The van der Waals surface area contributed by atoms with Crippen molar-refractivity contribution in [1.29, 1.82) is 0 Å². The fraction of sp³-hybridized carbons (Fsp3) is 0.273. The summed E-state index contributed by atoms with van der Waals surface area (Å²) in [6.07, 6.45) is 3.33. The SMILES string of the molecule is CC1(C)CC(=O)C2=C(C1)Nc1ccc3[nH]ncc3c1C2c1ccc(Br)cc1. The summed E-state index contributed by atoms with van der Waals surface area (Å²) in [4.78, 5) is 13.2. The van der Waals surface area contributed by atoms with E-state index in [1.54, 1.807) is 0 Å². The zero-order valence-corrected chi connectivity index (χ0v) is 16.9. The Kier molecular flexibility index (Phi) is 3.60. The van der Waals surface area contributed by atoms with E-state index in [4.69, 9.17) is 0 Å². The Morgan fingerprint density at radius 2 is 1.89 bits per heavy atom. The van der Waals surface area contributed by atoms with Gasteiger partial charge in [0.2, 0.25) is 0 Å². The second kappa shape index (κ2) is 5.80. The van der Waals surface area contributed by atoms with Crippen molar-refractivity contribution in [2.24, 2.45) is 5.41 Å². The van der Waals surface area contributed by atoms with E-state index >= 15 is 0 Å². The van der Waals surface area contributed by atoms with Crippen molar-refractivity contribution in [3.05, 3.63) is 69.5 Å². The van der Waals surface area contributed by atoms with Gasteiger partial charge in [0, 0.05) is 39.2 Å². The third-order valence-electron chi connectivity index (χ3n) is 5.65. The highest BCUT2D eigenvalue weighted by molar-refractivity contribution is 9.10. The minimum Gasteiger partial charge on any atom is -0.358 e. The molecular weight excluding hydrogens is 402 g/mol. The molecule has 0 radical (unpaired) electrons. The lowest BCUT2D eigenvalue weighted by Crippen LogP contribution is -2.33. The van der Waals surface area contributed by atoms with Crippen LogP contribution in [0, 0.1) is 5.41 Å². The Hall–Kier alpha value is -2.40. The molecule has 5 heteroatoms. The average Bonchev–Trinajstić information content (AvgIpc) is 3.08. The first kappa shape index (κ1) is 16.8. The Morgan fingerprint density at radius 3 is 2.67 bits per heavy atom. The number of H-pyrrole nitrogens is 1. The first-order chi connectivity index (χ1) is 12.9. The third kappa shape index (κ3) is 2.64. The number of halogens is 1. The molecule has 0 spiro atoms. The molecule has 3 aromatic rings. The van der Waals surface area contributed by atoms with Gasteiger partial charge in [0.15, 0.2) is 5.78 Å². The van der Waals surface area contributed by atoms with Crippen LogP contribution in [-0.2, 0) is 4.79 Å². The van der Waals surface area contributed by atoms with E-state index in [-0.39, 0.29) is 17.1 Å². The summed E-state index contributed by atoms with van der Waals surface area (Å²) in [5.74, 6) is 0.169. The summed E-state index contributed by atoms with van der Waals surface area (Å²) in [7, 11) is 0. The van der Waals surface area contributed by atoms with Gasteiger partial charge in [0.05, 0.1) is 11.7 Å². The Balaban J connectivity index is 1.80. The molecule has 1 unspecified atom stereocenters. The van der Waals surface area contributed by atoms with Crippen molar-refractivity contribution in [2.45, 2.75) is 32.6 Å². The summed E-state index contributed by atoms with van der Waals surface area (Å²) in [6, 6.07) is 12.5. The number of carbonyl (C=O) groups is 1. The summed E-state index contributed by atoms with van der Waals surface area (Å²) in [6.45, 7) is 4.33. The van der Waals surface area contributed by atoms with Crippen LogP contribution in [0.3, 0.4) is 0 Å². The van der Waals surface area contributed by atoms with Crippen LogP contribution in [-0.4, -0.2) is 16.0 Å². The standard InChI is InChI=1S/C22H20BrN3O/c1-22(2)9-17-21(18(27)10-22)19(12-3-5-13(23)6-4-12)20-14-11-24-26-15(14)7-8-16(20)25-17/h3-8,11,19,25H,9-10H2,1-2H3,(H,24,26). The second-order valence-corrected chi connectivity index (χ2v) is 9.22. The summed E-state index contributed by atoms with van der Waals surface area (Å²) >= 11 is 3.52. The van der Waals surface area contributed by atoms with Gasteiger partial charge in [-0.2, -0.15) is 5.10 Å². The quantitative estimate of drug-likeness (QED) is 0.543. The molecule has 2 aromatic carbocycles. The van der Waals surface area contributed by atoms with E-state index in [9.17, 15) is 4.79 Å². The van der Waals surface area contributed by atoms with Gasteiger partial charge in [-0.05, 0) is 47.2 Å². The highest BCUT2D eigenvalue weighted by Crippen LogP contribution is 2.50. The summed E-state index contributed by atoms with van der Waals surface area (Å²) < 4.78 is 1.03. The first-order valence-electron chi connectivity index (χ1n) is 9.18. The van der Waals surface area contributed by atoms with Crippen LogP contribution in [0.25, 0.3) is 10.9 Å². The molecule has 0 saturated carbocycles. The van der Waals surface area contributed by atoms with Crippen LogP contribution in [0.4, 0.5) is 5.69 Å². The number of benzene rings is 2. The van der Waals surface area contributed by atoms with Gasteiger partial charge >= 0.3 is 0 Å². The molecule has 1 atom stereocenters. The van der Waals surface area contributed by atoms with Gasteiger partial charge < -0.3 is 5.32 Å². The van der Waals surface area contributed by atoms with Crippen molar-refractivity contribution < 1.29 is 4.79 Å². The Morgan fingerprint density at radius 1 is 1.11 bits per heavy atom. The Labute approximate surface area is 166 Å². The van der Waals surface area contributed by atoms with Crippen LogP contribution in [0.2, 0.25) is 0 Å². The zero-order valence-electron chi connectivity index (χ0n) is 15.3. The molecule has 4 nitrogen and oxygen atoms in total. The number of hydrogen-bond acceptors (Lipinski definition) is 3. The van der Waals surface area contributed by atoms with Gasteiger partial charge in [-0.3, -0.25) is 9.89 Å². The molecular formula is C22H20BrN3O. The van der Waals surface area contributed by atoms with Crippen LogP contribution >= 0.6 is 15.9 Å². The van der Waals surface area contributed by atoms with Gasteiger partial charge in [-0.15, -0.1) is 0 Å². The maximum atomic E-state index is 13.2. The largest absolute Gasteiger partial charge is 0.358 e. The third-order valence-corrected chi connectivity index (χ3v) is 6.18. The van der Waals surface area contributed by atoms with Gasteiger partial charge in [0.1, 0.15) is 0 Å².